The molecule has 0 saturated heterocycles. The van der Waals surface area contributed by atoms with Crippen molar-refractivity contribution in [3.05, 3.63) is 33.6 Å². The highest BCUT2D eigenvalue weighted by molar-refractivity contribution is 7.93. The van der Waals surface area contributed by atoms with Crippen molar-refractivity contribution in [3.8, 4) is 5.88 Å². The number of carbonyl (C=O) groups excluding carboxylic acids is 1. The number of fused-ring (bicyclic) bond motifs is 1. The molecule has 2 aromatic heterocycles. The average Bonchev–Trinajstić information content (AvgIpc) is 2.91. The molecule has 0 unspecified atom stereocenters. The lowest BCUT2D eigenvalue weighted by Crippen LogP contribution is -2.41. The first-order valence-corrected chi connectivity index (χ1v) is 10.8. The summed E-state index contributed by atoms with van der Waals surface area (Å²) < 4.78 is 33.3. The molecule has 0 aliphatic carbocycles. The summed E-state index contributed by atoms with van der Waals surface area (Å²) in [5, 5.41) is 2.85. The largest absolute Gasteiger partial charge is 0.474 e. The normalized spacial score (nSPS) is 14.5. The van der Waals surface area contributed by atoms with Gasteiger partial charge in [0.2, 0.25) is 5.88 Å². The second kappa shape index (κ2) is 6.79. The Morgan fingerprint density at radius 3 is 2.59 bits per heavy atom. The minimum Gasteiger partial charge on any atom is -0.474 e. The van der Waals surface area contributed by atoms with Crippen LogP contribution in [-0.2, 0) is 10.0 Å². The van der Waals surface area contributed by atoms with Gasteiger partial charge in [0.15, 0.2) is 0 Å². The Morgan fingerprint density at radius 1 is 1.30 bits per heavy atom. The predicted molar refractivity (Wildman–Crippen MR) is 105 cm³/mol. The van der Waals surface area contributed by atoms with Crippen LogP contribution in [0.2, 0.25) is 0 Å². The highest BCUT2D eigenvalue weighted by atomic mass is 32.2. The second-order valence-electron chi connectivity index (χ2n) is 7.46. The van der Waals surface area contributed by atoms with E-state index in [2.05, 4.69) is 10.3 Å². The number of hydrogen-bond donors (Lipinski definition) is 1. The number of sulfonamides is 1. The molecule has 0 radical (unpaired) electrons. The van der Waals surface area contributed by atoms with Crippen molar-refractivity contribution < 1.29 is 17.9 Å². The molecular weight excluding hydrogens is 386 g/mol. The fourth-order valence-corrected chi connectivity index (χ4v) is 5.81. The number of anilines is 1. The zero-order valence-corrected chi connectivity index (χ0v) is 17.6. The van der Waals surface area contributed by atoms with E-state index in [4.69, 9.17) is 4.74 Å². The molecule has 3 heterocycles. The van der Waals surface area contributed by atoms with Crippen LogP contribution in [0.3, 0.4) is 0 Å². The van der Waals surface area contributed by atoms with Crippen LogP contribution in [0.1, 0.15) is 40.9 Å². The quantitative estimate of drug-likeness (QED) is 0.842. The Bertz CT molecular complexity index is 991. The average molecular weight is 410 g/mol. The summed E-state index contributed by atoms with van der Waals surface area (Å²) in [7, 11) is -3.77. The minimum absolute atomic E-state index is 0.162. The summed E-state index contributed by atoms with van der Waals surface area (Å²) in [6, 6.07) is 3.20. The molecule has 1 aliphatic heterocycles. The third-order valence-corrected chi connectivity index (χ3v) is 6.98. The summed E-state index contributed by atoms with van der Waals surface area (Å²) in [5.74, 6) is -0.106. The molecule has 0 atom stereocenters. The van der Waals surface area contributed by atoms with Crippen LogP contribution < -0.4 is 14.4 Å². The van der Waals surface area contributed by atoms with Crippen LogP contribution in [0.4, 0.5) is 5.69 Å². The monoisotopic (exact) mass is 409 g/mol. The van der Waals surface area contributed by atoms with Crippen molar-refractivity contribution in [2.45, 2.75) is 45.1 Å². The lowest BCUT2D eigenvalue weighted by molar-refractivity contribution is 0.0919. The lowest BCUT2D eigenvalue weighted by Gasteiger charge is -2.30. The molecule has 3 rings (SSSR count). The number of carbonyl (C=O) groups is 1. The smallest absolute Gasteiger partial charge is 0.265 e. The third kappa shape index (κ3) is 3.93. The Hall–Kier alpha value is -2.13. The summed E-state index contributed by atoms with van der Waals surface area (Å²) >= 11 is 1.44. The van der Waals surface area contributed by atoms with Crippen LogP contribution in [0, 0.1) is 13.8 Å². The van der Waals surface area contributed by atoms with E-state index in [0.29, 0.717) is 0 Å². The van der Waals surface area contributed by atoms with Crippen LogP contribution in [-0.4, -0.2) is 38.0 Å². The van der Waals surface area contributed by atoms with Gasteiger partial charge in [-0.05, 0) is 46.8 Å². The Labute approximate surface area is 163 Å². The third-order valence-electron chi connectivity index (χ3n) is 3.95. The molecule has 9 heteroatoms. The molecule has 1 N–H and O–H groups in total. The van der Waals surface area contributed by atoms with Crippen molar-refractivity contribution >= 4 is 33.0 Å². The van der Waals surface area contributed by atoms with Gasteiger partial charge in [0.25, 0.3) is 15.9 Å². The standard InChI is InChI=1S/C18H23N3O4S2/c1-11-8-15(12(2)26-11)27(23,24)21-6-7-25-17-14(21)9-13(10-19-17)16(22)20-18(3,4)5/h8-10H,6-7H2,1-5H3,(H,20,22). The number of aryl methyl sites for hydroxylation is 2. The number of ether oxygens (including phenoxy) is 1. The van der Waals surface area contributed by atoms with E-state index < -0.39 is 15.6 Å². The van der Waals surface area contributed by atoms with Gasteiger partial charge in [0.1, 0.15) is 17.2 Å². The molecule has 1 aliphatic rings. The molecule has 0 spiro atoms. The number of hydrogen-bond acceptors (Lipinski definition) is 6. The Balaban J connectivity index is 2.04. The maximum Gasteiger partial charge on any atom is 0.265 e. The minimum atomic E-state index is -3.77. The molecule has 146 valence electrons. The number of pyridine rings is 1. The van der Waals surface area contributed by atoms with Gasteiger partial charge in [0, 0.05) is 21.5 Å². The van der Waals surface area contributed by atoms with E-state index in [1.807, 2.05) is 27.7 Å². The van der Waals surface area contributed by atoms with Crippen molar-refractivity contribution in [2.75, 3.05) is 17.5 Å². The number of amides is 1. The van der Waals surface area contributed by atoms with Gasteiger partial charge >= 0.3 is 0 Å². The van der Waals surface area contributed by atoms with Gasteiger partial charge in [-0.2, -0.15) is 0 Å². The van der Waals surface area contributed by atoms with Gasteiger partial charge in [-0.3, -0.25) is 9.10 Å². The van der Waals surface area contributed by atoms with Crippen LogP contribution in [0.15, 0.2) is 23.2 Å². The molecule has 27 heavy (non-hydrogen) atoms. The molecule has 1 amide bonds. The number of nitrogens with one attached hydrogen (secondary N) is 1. The lowest BCUT2D eigenvalue weighted by atomic mass is 10.1. The summed E-state index contributed by atoms with van der Waals surface area (Å²) in [6.45, 7) is 9.65. The maximum atomic E-state index is 13.2. The first-order valence-electron chi connectivity index (χ1n) is 8.54. The first kappa shape index (κ1) is 19.6. The van der Waals surface area contributed by atoms with E-state index in [1.54, 1.807) is 13.0 Å². The maximum absolute atomic E-state index is 13.2. The molecule has 2 aromatic rings. The second-order valence-corrected chi connectivity index (χ2v) is 10.7. The fourth-order valence-electron chi connectivity index (χ4n) is 2.85. The van der Waals surface area contributed by atoms with E-state index in [1.165, 1.54) is 27.9 Å². The summed E-state index contributed by atoms with van der Waals surface area (Å²) in [5.41, 5.74) is 0.152. The van der Waals surface area contributed by atoms with Gasteiger partial charge < -0.3 is 10.1 Å². The van der Waals surface area contributed by atoms with Gasteiger partial charge in [-0.15, -0.1) is 11.3 Å². The van der Waals surface area contributed by atoms with Gasteiger partial charge in [-0.1, -0.05) is 0 Å². The summed E-state index contributed by atoms with van der Waals surface area (Å²) in [4.78, 5) is 18.6. The topological polar surface area (TPSA) is 88.6 Å². The predicted octanol–water partition coefficient (Wildman–Crippen LogP) is 2.88. The summed E-state index contributed by atoms with van der Waals surface area (Å²) in [6.07, 6.45) is 1.40. The number of aromatic nitrogens is 1. The van der Waals surface area contributed by atoms with Gasteiger partial charge in [0.05, 0.1) is 12.1 Å². The zero-order valence-electron chi connectivity index (χ0n) is 16.0. The molecular formula is C18H23N3O4S2. The highest BCUT2D eigenvalue weighted by Crippen LogP contribution is 2.36. The van der Waals surface area contributed by atoms with E-state index in [-0.39, 0.29) is 41.1 Å². The van der Waals surface area contributed by atoms with Crippen molar-refractivity contribution in [1.82, 2.24) is 10.3 Å². The molecule has 0 saturated carbocycles. The van der Waals surface area contributed by atoms with Crippen molar-refractivity contribution in [3.63, 3.8) is 0 Å². The zero-order chi connectivity index (χ0) is 20.0. The highest BCUT2D eigenvalue weighted by Gasteiger charge is 2.33. The number of rotatable bonds is 3. The molecule has 0 aromatic carbocycles. The molecule has 0 bridgehead atoms. The van der Waals surface area contributed by atoms with E-state index >= 15 is 0 Å². The Kier molecular flexibility index (Phi) is 4.94. The van der Waals surface area contributed by atoms with Crippen molar-refractivity contribution in [2.24, 2.45) is 0 Å². The van der Waals surface area contributed by atoms with E-state index in [9.17, 15) is 13.2 Å². The Morgan fingerprint density at radius 2 is 2.00 bits per heavy atom. The number of nitrogens with zero attached hydrogens (tertiary/aromatic N) is 2. The van der Waals surface area contributed by atoms with Crippen LogP contribution in [0.5, 0.6) is 5.88 Å². The van der Waals surface area contributed by atoms with Crippen LogP contribution >= 0.6 is 11.3 Å². The van der Waals surface area contributed by atoms with E-state index in [0.717, 1.165) is 9.75 Å². The van der Waals surface area contributed by atoms with Gasteiger partial charge in [-0.25, -0.2) is 13.4 Å². The molecule has 0 fully saturated rings. The SMILES string of the molecule is Cc1cc(S(=O)(=O)N2CCOc3ncc(C(=O)NC(C)(C)C)cc32)c(C)s1. The number of thiophene rings is 1. The molecule has 7 nitrogen and oxygen atoms in total. The van der Waals surface area contributed by atoms with Crippen LogP contribution in [0.25, 0.3) is 0 Å². The first-order chi connectivity index (χ1) is 12.5. The fraction of sp³-hybridized carbons (Fsp3) is 0.444. The van der Waals surface area contributed by atoms with Crippen molar-refractivity contribution in [1.29, 1.82) is 0 Å².